The van der Waals surface area contributed by atoms with Gasteiger partial charge in [-0.05, 0) is 48.9 Å². The number of halogens is 3. The van der Waals surface area contributed by atoms with Crippen molar-refractivity contribution in [2.45, 2.75) is 25.2 Å². The third-order valence-corrected chi connectivity index (χ3v) is 6.23. The maximum absolute atomic E-state index is 12.6. The first-order valence-corrected chi connectivity index (χ1v) is 11.0. The molecule has 3 rings (SSSR count). The molecule has 0 aliphatic heterocycles. The van der Waals surface area contributed by atoms with Crippen LogP contribution in [0, 0.1) is 0 Å². The molecule has 1 aromatic heterocycles. The molecule has 0 N–H and O–H groups in total. The van der Waals surface area contributed by atoms with Gasteiger partial charge in [0.15, 0.2) is 11.0 Å². The zero-order chi connectivity index (χ0) is 21.0. The molecule has 152 valence electrons. The number of thioether (sulfide) groups is 1. The van der Waals surface area contributed by atoms with Gasteiger partial charge in [-0.15, -0.1) is 10.2 Å². The summed E-state index contributed by atoms with van der Waals surface area (Å²) in [7, 11) is 1.76. The first kappa shape index (κ1) is 22.0. The van der Waals surface area contributed by atoms with E-state index < -0.39 is 0 Å². The van der Waals surface area contributed by atoms with Crippen molar-refractivity contribution in [3.8, 4) is 11.4 Å². The predicted octanol–water partition coefficient (Wildman–Crippen LogP) is 5.68. The number of carbonyl (C=O) groups excluding carboxylic acids is 1. The minimum atomic E-state index is -0.0141. The lowest BCUT2D eigenvalue weighted by Gasteiger charge is -2.17. The molecule has 0 fully saturated rings. The number of nitrogens with zero attached hydrogens (tertiary/aromatic N) is 4. The van der Waals surface area contributed by atoms with E-state index in [9.17, 15) is 4.79 Å². The molecule has 2 aromatic carbocycles. The molecule has 9 heteroatoms. The van der Waals surface area contributed by atoms with Gasteiger partial charge in [-0.25, -0.2) is 0 Å². The average Bonchev–Trinajstić information content (AvgIpc) is 3.12. The van der Waals surface area contributed by atoms with Crippen LogP contribution in [0.5, 0.6) is 0 Å². The van der Waals surface area contributed by atoms with Crippen LogP contribution in [0.25, 0.3) is 11.4 Å². The van der Waals surface area contributed by atoms with Crippen molar-refractivity contribution in [3.63, 3.8) is 0 Å². The van der Waals surface area contributed by atoms with Crippen molar-refractivity contribution < 1.29 is 4.79 Å². The Labute approximate surface area is 189 Å². The van der Waals surface area contributed by atoms with Crippen LogP contribution < -0.4 is 0 Å². The smallest absolute Gasteiger partial charge is 0.233 e. The molecular weight excluding hydrogens is 451 g/mol. The summed E-state index contributed by atoms with van der Waals surface area (Å²) in [6.07, 6.45) is 0. The van der Waals surface area contributed by atoms with E-state index in [1.54, 1.807) is 24.1 Å². The predicted molar refractivity (Wildman–Crippen MR) is 120 cm³/mol. The van der Waals surface area contributed by atoms with E-state index in [0.717, 1.165) is 17.0 Å². The number of hydrogen-bond donors (Lipinski definition) is 0. The van der Waals surface area contributed by atoms with Crippen molar-refractivity contribution in [1.82, 2.24) is 19.7 Å². The molecule has 3 aromatic rings. The van der Waals surface area contributed by atoms with E-state index >= 15 is 0 Å². The van der Waals surface area contributed by atoms with E-state index in [-0.39, 0.29) is 11.7 Å². The highest BCUT2D eigenvalue weighted by Gasteiger charge is 2.16. The maximum atomic E-state index is 12.6. The molecule has 0 unspecified atom stereocenters. The average molecular weight is 470 g/mol. The van der Waals surface area contributed by atoms with Crippen LogP contribution >= 0.6 is 46.6 Å². The van der Waals surface area contributed by atoms with Gasteiger partial charge in [0, 0.05) is 30.7 Å². The summed E-state index contributed by atoms with van der Waals surface area (Å²) in [6.45, 7) is 3.17. The first-order chi connectivity index (χ1) is 13.9. The van der Waals surface area contributed by atoms with E-state index in [4.69, 9.17) is 34.8 Å². The summed E-state index contributed by atoms with van der Waals surface area (Å²) in [5.41, 5.74) is 1.85. The number of hydrogen-bond acceptors (Lipinski definition) is 4. The molecule has 0 spiro atoms. The molecule has 0 aliphatic carbocycles. The van der Waals surface area contributed by atoms with Crippen molar-refractivity contribution in [3.05, 3.63) is 63.1 Å². The van der Waals surface area contributed by atoms with Crippen LogP contribution in [-0.2, 0) is 17.9 Å². The zero-order valence-electron chi connectivity index (χ0n) is 15.9. The Hall–Kier alpha value is -1.73. The molecule has 0 atom stereocenters. The second-order valence-electron chi connectivity index (χ2n) is 6.34. The highest BCUT2D eigenvalue weighted by atomic mass is 35.5. The Morgan fingerprint density at radius 3 is 2.45 bits per heavy atom. The van der Waals surface area contributed by atoms with Crippen LogP contribution in [0.4, 0.5) is 0 Å². The number of carbonyl (C=O) groups is 1. The Bertz CT molecular complexity index is 1010. The third-order valence-electron chi connectivity index (χ3n) is 4.29. The second kappa shape index (κ2) is 9.85. The Balaban J connectivity index is 1.65. The Morgan fingerprint density at radius 1 is 1.07 bits per heavy atom. The zero-order valence-corrected chi connectivity index (χ0v) is 19.0. The standard InChI is InChI=1S/C20H19Cl3N4OS/c1-3-27-19(14-5-7-15(21)8-6-14)24-25-20(27)29-12-18(28)26(2)11-13-4-9-16(22)17(23)10-13/h4-10H,3,11-12H2,1-2H3. The third kappa shape index (κ3) is 5.45. The molecule has 0 radical (unpaired) electrons. The summed E-state index contributed by atoms with van der Waals surface area (Å²) in [5.74, 6) is 0.999. The quantitative estimate of drug-likeness (QED) is 0.418. The summed E-state index contributed by atoms with van der Waals surface area (Å²) in [4.78, 5) is 14.2. The Morgan fingerprint density at radius 2 is 1.79 bits per heavy atom. The van der Waals surface area contributed by atoms with Crippen LogP contribution in [0.15, 0.2) is 47.6 Å². The molecule has 1 amide bonds. The number of aromatic nitrogens is 3. The topological polar surface area (TPSA) is 51.0 Å². The van der Waals surface area contributed by atoms with Gasteiger partial charge in [-0.2, -0.15) is 0 Å². The SMILES string of the molecule is CCn1c(SCC(=O)N(C)Cc2ccc(Cl)c(Cl)c2)nnc1-c1ccc(Cl)cc1. The summed E-state index contributed by atoms with van der Waals surface area (Å²) >= 11 is 19.3. The van der Waals surface area contributed by atoms with Gasteiger partial charge in [0.1, 0.15) is 0 Å². The van der Waals surface area contributed by atoms with Gasteiger partial charge in [0.2, 0.25) is 5.91 Å². The number of benzene rings is 2. The van der Waals surface area contributed by atoms with Crippen molar-refractivity contribution in [1.29, 1.82) is 0 Å². The molecule has 5 nitrogen and oxygen atoms in total. The van der Waals surface area contributed by atoms with E-state index in [1.165, 1.54) is 11.8 Å². The monoisotopic (exact) mass is 468 g/mol. The first-order valence-electron chi connectivity index (χ1n) is 8.89. The van der Waals surface area contributed by atoms with Gasteiger partial charge in [-0.1, -0.05) is 52.6 Å². The van der Waals surface area contributed by atoms with Crippen molar-refractivity contribution in [2.75, 3.05) is 12.8 Å². The van der Waals surface area contributed by atoms with Crippen LogP contribution in [0.2, 0.25) is 15.1 Å². The molecule has 0 saturated carbocycles. The Kier molecular flexibility index (Phi) is 7.46. The van der Waals surface area contributed by atoms with Gasteiger partial charge in [-0.3, -0.25) is 4.79 Å². The summed E-state index contributed by atoms with van der Waals surface area (Å²) in [6, 6.07) is 12.8. The summed E-state index contributed by atoms with van der Waals surface area (Å²) in [5, 5.41) is 10.9. The summed E-state index contributed by atoms with van der Waals surface area (Å²) < 4.78 is 1.99. The fourth-order valence-corrected chi connectivity index (χ4v) is 4.12. The lowest BCUT2D eigenvalue weighted by molar-refractivity contribution is -0.127. The molecule has 0 aliphatic rings. The lowest BCUT2D eigenvalue weighted by atomic mass is 10.2. The fourth-order valence-electron chi connectivity index (χ4n) is 2.73. The second-order valence-corrected chi connectivity index (χ2v) is 8.54. The minimum absolute atomic E-state index is 0.0141. The number of rotatable bonds is 7. The molecular formula is C20H19Cl3N4OS. The molecule has 29 heavy (non-hydrogen) atoms. The highest BCUT2D eigenvalue weighted by Crippen LogP contribution is 2.26. The van der Waals surface area contributed by atoms with Crippen molar-refractivity contribution >= 4 is 52.5 Å². The highest BCUT2D eigenvalue weighted by molar-refractivity contribution is 7.99. The van der Waals surface area contributed by atoms with Gasteiger partial charge >= 0.3 is 0 Å². The molecule has 0 saturated heterocycles. The number of amides is 1. The molecule has 0 bridgehead atoms. The van der Waals surface area contributed by atoms with E-state index in [1.807, 2.05) is 41.8 Å². The van der Waals surface area contributed by atoms with Crippen molar-refractivity contribution in [2.24, 2.45) is 0 Å². The minimum Gasteiger partial charge on any atom is -0.341 e. The largest absolute Gasteiger partial charge is 0.341 e. The van der Waals surface area contributed by atoms with Crippen LogP contribution in [-0.4, -0.2) is 38.4 Å². The maximum Gasteiger partial charge on any atom is 0.233 e. The normalized spacial score (nSPS) is 10.9. The van der Waals surface area contributed by atoms with Gasteiger partial charge in [0.05, 0.1) is 15.8 Å². The lowest BCUT2D eigenvalue weighted by Crippen LogP contribution is -2.27. The fraction of sp³-hybridized carbons (Fsp3) is 0.250. The van der Waals surface area contributed by atoms with Crippen LogP contribution in [0.3, 0.4) is 0 Å². The van der Waals surface area contributed by atoms with Crippen LogP contribution in [0.1, 0.15) is 12.5 Å². The molecule has 1 heterocycles. The van der Waals surface area contributed by atoms with E-state index in [2.05, 4.69) is 10.2 Å². The van der Waals surface area contributed by atoms with Gasteiger partial charge in [0.25, 0.3) is 0 Å². The van der Waals surface area contributed by atoms with E-state index in [0.29, 0.717) is 33.3 Å². The van der Waals surface area contributed by atoms with Gasteiger partial charge < -0.3 is 9.47 Å².